The Labute approximate surface area is 109 Å². The highest BCUT2D eigenvalue weighted by Crippen LogP contribution is 2.33. The number of carboxylic acid groups (broad SMARTS) is 1. The molecule has 0 fully saturated rings. The Morgan fingerprint density at radius 1 is 1.44 bits per heavy atom. The maximum atomic E-state index is 12.5. The van der Waals surface area contributed by atoms with Crippen molar-refractivity contribution in [2.75, 3.05) is 11.9 Å². The average molecular weight is 324 g/mol. The molecule has 1 rings (SSSR count). The summed E-state index contributed by atoms with van der Waals surface area (Å²) in [6.45, 7) is 3.13. The van der Waals surface area contributed by atoms with E-state index in [1.807, 2.05) is 0 Å². The lowest BCUT2D eigenvalue weighted by molar-refractivity contribution is -0.137. The molecule has 0 aliphatic carbocycles. The van der Waals surface area contributed by atoms with Crippen molar-refractivity contribution in [2.45, 2.75) is 6.18 Å². The van der Waals surface area contributed by atoms with Gasteiger partial charge in [0, 0.05) is 22.3 Å². The van der Waals surface area contributed by atoms with Gasteiger partial charge < -0.3 is 10.4 Å². The number of hydrogen-bond acceptors (Lipinski definition) is 2. The van der Waals surface area contributed by atoms with Crippen LogP contribution in [-0.4, -0.2) is 17.6 Å². The van der Waals surface area contributed by atoms with E-state index in [4.69, 9.17) is 5.11 Å². The Morgan fingerprint density at radius 3 is 2.56 bits per heavy atom. The lowest BCUT2D eigenvalue weighted by Crippen LogP contribution is -2.12. The molecule has 2 N–H and O–H groups in total. The van der Waals surface area contributed by atoms with Crippen LogP contribution >= 0.6 is 15.9 Å². The maximum Gasteiger partial charge on any atom is 0.416 e. The number of carbonyl (C=O) groups is 1. The van der Waals surface area contributed by atoms with E-state index >= 15 is 0 Å². The summed E-state index contributed by atoms with van der Waals surface area (Å²) in [7, 11) is 0. The molecule has 0 saturated heterocycles. The SMILES string of the molecule is C=C(CNc1cc(C(F)(F)F)ccc1Br)C(=O)O. The molecule has 0 atom stereocenters. The molecule has 0 unspecified atom stereocenters. The van der Waals surface area contributed by atoms with Crippen LogP contribution in [0.1, 0.15) is 5.56 Å². The second kappa shape index (κ2) is 5.43. The van der Waals surface area contributed by atoms with E-state index < -0.39 is 17.7 Å². The monoisotopic (exact) mass is 323 g/mol. The van der Waals surface area contributed by atoms with Crippen molar-refractivity contribution < 1.29 is 23.1 Å². The van der Waals surface area contributed by atoms with Gasteiger partial charge in [-0.1, -0.05) is 6.58 Å². The largest absolute Gasteiger partial charge is 0.478 e. The highest BCUT2D eigenvalue weighted by atomic mass is 79.9. The zero-order valence-electron chi connectivity index (χ0n) is 9.01. The predicted octanol–water partition coefficient (Wildman–Crippen LogP) is 3.52. The van der Waals surface area contributed by atoms with Gasteiger partial charge in [0.1, 0.15) is 0 Å². The van der Waals surface area contributed by atoms with E-state index in [1.165, 1.54) is 6.07 Å². The van der Waals surface area contributed by atoms with Crippen molar-refractivity contribution in [3.05, 3.63) is 40.4 Å². The number of benzene rings is 1. The number of halogens is 4. The van der Waals surface area contributed by atoms with Crippen molar-refractivity contribution in [3.63, 3.8) is 0 Å². The minimum atomic E-state index is -4.44. The van der Waals surface area contributed by atoms with Gasteiger partial charge in [-0.15, -0.1) is 0 Å². The van der Waals surface area contributed by atoms with E-state index in [2.05, 4.69) is 27.8 Å². The molecule has 0 saturated carbocycles. The molecule has 0 spiro atoms. The molecule has 0 bridgehead atoms. The van der Waals surface area contributed by atoms with Gasteiger partial charge in [-0.25, -0.2) is 4.79 Å². The molecule has 1 aromatic carbocycles. The second-order valence-electron chi connectivity index (χ2n) is 3.45. The Kier molecular flexibility index (Phi) is 4.39. The Balaban J connectivity index is 2.89. The van der Waals surface area contributed by atoms with Gasteiger partial charge in [0.25, 0.3) is 0 Å². The van der Waals surface area contributed by atoms with E-state index in [0.717, 1.165) is 12.1 Å². The number of aliphatic carboxylic acids is 1. The number of carboxylic acids is 1. The summed E-state index contributed by atoms with van der Waals surface area (Å²) in [6, 6.07) is 3.08. The first-order valence-electron chi connectivity index (χ1n) is 4.73. The quantitative estimate of drug-likeness (QED) is 0.833. The van der Waals surface area contributed by atoms with Crippen LogP contribution in [0.3, 0.4) is 0 Å². The molecule has 0 radical (unpaired) electrons. The van der Waals surface area contributed by atoms with E-state index in [1.54, 1.807) is 0 Å². The van der Waals surface area contributed by atoms with Crippen molar-refractivity contribution in [1.82, 2.24) is 0 Å². The number of hydrogen-bond donors (Lipinski definition) is 2. The first kappa shape index (κ1) is 14.6. The third-order valence-corrected chi connectivity index (χ3v) is 2.78. The van der Waals surface area contributed by atoms with Gasteiger partial charge in [0.2, 0.25) is 0 Å². The van der Waals surface area contributed by atoms with Crippen molar-refractivity contribution in [1.29, 1.82) is 0 Å². The first-order valence-corrected chi connectivity index (χ1v) is 5.53. The lowest BCUT2D eigenvalue weighted by Gasteiger charge is -2.12. The molecule has 0 amide bonds. The third-order valence-electron chi connectivity index (χ3n) is 2.09. The smallest absolute Gasteiger partial charge is 0.416 e. The summed E-state index contributed by atoms with van der Waals surface area (Å²) in [4.78, 5) is 10.5. The molecule has 3 nitrogen and oxygen atoms in total. The van der Waals surface area contributed by atoms with Crippen LogP contribution in [0.4, 0.5) is 18.9 Å². The third kappa shape index (κ3) is 3.76. The summed E-state index contributed by atoms with van der Waals surface area (Å²) in [5.74, 6) is -1.20. The van der Waals surface area contributed by atoms with E-state index in [9.17, 15) is 18.0 Å². The predicted molar refractivity (Wildman–Crippen MR) is 64.4 cm³/mol. The van der Waals surface area contributed by atoms with Gasteiger partial charge in [0.15, 0.2) is 0 Å². The number of alkyl halides is 3. The molecule has 0 aliphatic heterocycles. The Bertz CT molecular complexity index is 486. The van der Waals surface area contributed by atoms with E-state index in [-0.39, 0.29) is 17.8 Å². The Hall–Kier alpha value is -1.50. The van der Waals surface area contributed by atoms with Crippen molar-refractivity contribution in [2.24, 2.45) is 0 Å². The van der Waals surface area contributed by atoms with E-state index in [0.29, 0.717) is 4.47 Å². The lowest BCUT2D eigenvalue weighted by atomic mass is 10.2. The van der Waals surface area contributed by atoms with Crippen LogP contribution in [0, 0.1) is 0 Å². The van der Waals surface area contributed by atoms with Crippen LogP contribution < -0.4 is 5.32 Å². The minimum Gasteiger partial charge on any atom is -0.478 e. The second-order valence-corrected chi connectivity index (χ2v) is 4.31. The van der Waals surface area contributed by atoms with Crippen LogP contribution in [0.25, 0.3) is 0 Å². The summed E-state index contributed by atoms with van der Waals surface area (Å²) in [5, 5.41) is 11.2. The molecular formula is C11H9BrF3NO2. The van der Waals surface area contributed by atoms with Crippen LogP contribution in [-0.2, 0) is 11.0 Å². The van der Waals surface area contributed by atoms with Gasteiger partial charge in [-0.3, -0.25) is 0 Å². The fourth-order valence-electron chi connectivity index (χ4n) is 1.11. The molecule has 1 aromatic rings. The van der Waals surface area contributed by atoms with Crippen LogP contribution in [0.2, 0.25) is 0 Å². The standard InChI is InChI=1S/C11H9BrF3NO2/c1-6(10(17)18)5-16-9-4-7(11(13,14)15)2-3-8(9)12/h2-4,16H,1,5H2,(H,17,18). The molecule has 7 heteroatoms. The summed E-state index contributed by atoms with van der Waals surface area (Å²) in [5.41, 5.74) is -0.791. The van der Waals surface area contributed by atoms with Crippen LogP contribution in [0.15, 0.2) is 34.8 Å². The average Bonchev–Trinajstić information content (AvgIpc) is 2.25. The molecule has 0 heterocycles. The topological polar surface area (TPSA) is 49.3 Å². The normalized spacial score (nSPS) is 11.1. The molecular weight excluding hydrogens is 315 g/mol. The van der Waals surface area contributed by atoms with Crippen molar-refractivity contribution in [3.8, 4) is 0 Å². The first-order chi connectivity index (χ1) is 8.21. The van der Waals surface area contributed by atoms with Crippen molar-refractivity contribution >= 4 is 27.6 Å². The van der Waals surface area contributed by atoms with Gasteiger partial charge in [0.05, 0.1) is 5.56 Å². The summed E-state index contributed by atoms with van der Waals surface area (Å²) >= 11 is 3.08. The summed E-state index contributed by atoms with van der Waals surface area (Å²) < 4.78 is 37.8. The zero-order chi connectivity index (χ0) is 13.9. The van der Waals surface area contributed by atoms with Gasteiger partial charge in [-0.2, -0.15) is 13.2 Å². The maximum absolute atomic E-state index is 12.5. The summed E-state index contributed by atoms with van der Waals surface area (Å²) in [6.07, 6.45) is -4.44. The zero-order valence-corrected chi connectivity index (χ0v) is 10.6. The van der Waals surface area contributed by atoms with Gasteiger partial charge >= 0.3 is 12.1 Å². The molecule has 18 heavy (non-hydrogen) atoms. The number of rotatable bonds is 4. The van der Waals surface area contributed by atoms with Crippen LogP contribution in [0.5, 0.6) is 0 Å². The fraction of sp³-hybridized carbons (Fsp3) is 0.182. The highest BCUT2D eigenvalue weighted by Gasteiger charge is 2.30. The minimum absolute atomic E-state index is 0.140. The molecule has 0 aliphatic rings. The number of nitrogens with one attached hydrogen (secondary N) is 1. The molecule has 0 aromatic heterocycles. The number of anilines is 1. The highest BCUT2D eigenvalue weighted by molar-refractivity contribution is 9.10. The molecule has 98 valence electrons. The fourth-order valence-corrected chi connectivity index (χ4v) is 1.50. The van der Waals surface area contributed by atoms with Gasteiger partial charge in [-0.05, 0) is 34.1 Å². The Morgan fingerprint density at radius 2 is 2.06 bits per heavy atom.